The number of carbonyl (C=O) groups is 1. The van der Waals surface area contributed by atoms with Crippen LogP contribution in [0.2, 0.25) is 0 Å². The monoisotopic (exact) mass is 362 g/mol. The van der Waals surface area contributed by atoms with Crippen molar-refractivity contribution in [3.8, 4) is 0 Å². The number of aryl methyl sites for hydroxylation is 1. The van der Waals surface area contributed by atoms with E-state index in [4.69, 9.17) is 5.73 Å². The van der Waals surface area contributed by atoms with Crippen LogP contribution in [0.25, 0.3) is 0 Å². The quantitative estimate of drug-likeness (QED) is 0.822. The van der Waals surface area contributed by atoms with Crippen molar-refractivity contribution < 1.29 is 13.2 Å². The summed E-state index contributed by atoms with van der Waals surface area (Å²) in [4.78, 5) is 16.6. The van der Waals surface area contributed by atoms with Crippen molar-refractivity contribution in [3.63, 3.8) is 0 Å². The number of carbonyl (C=O) groups excluding carboxylic acids is 1. The summed E-state index contributed by atoms with van der Waals surface area (Å²) < 4.78 is 25.1. The highest BCUT2D eigenvalue weighted by molar-refractivity contribution is 7.90. The number of sulfone groups is 1. The molecule has 2 aromatic rings. The Kier molecular flexibility index (Phi) is 4.47. The summed E-state index contributed by atoms with van der Waals surface area (Å²) in [6.45, 7) is 2.57. The van der Waals surface area contributed by atoms with Crippen molar-refractivity contribution >= 4 is 27.1 Å². The number of amides is 1. The molecule has 1 fully saturated rings. The van der Waals surface area contributed by atoms with E-state index in [1.165, 1.54) is 0 Å². The SMILES string of the molecule is Cn1cccc1C(=O)N1CCN(c2ccc(S(C)(=O)=O)c(N)c2)CC1. The van der Waals surface area contributed by atoms with Gasteiger partial charge in [0.2, 0.25) is 0 Å². The molecule has 1 aliphatic rings. The molecule has 0 saturated carbocycles. The first-order valence-corrected chi connectivity index (χ1v) is 9.91. The Morgan fingerprint density at radius 3 is 2.32 bits per heavy atom. The molecule has 2 N–H and O–H groups in total. The van der Waals surface area contributed by atoms with E-state index in [1.807, 2.05) is 34.8 Å². The van der Waals surface area contributed by atoms with Gasteiger partial charge in [-0.2, -0.15) is 0 Å². The van der Waals surface area contributed by atoms with Crippen LogP contribution in [0.5, 0.6) is 0 Å². The van der Waals surface area contributed by atoms with Crippen LogP contribution < -0.4 is 10.6 Å². The molecule has 8 heteroatoms. The predicted molar refractivity (Wildman–Crippen MR) is 97.5 cm³/mol. The van der Waals surface area contributed by atoms with E-state index >= 15 is 0 Å². The molecule has 134 valence electrons. The lowest BCUT2D eigenvalue weighted by Gasteiger charge is -2.36. The van der Waals surface area contributed by atoms with E-state index in [2.05, 4.69) is 4.90 Å². The Labute approximate surface area is 147 Å². The summed E-state index contributed by atoms with van der Waals surface area (Å²) in [6.07, 6.45) is 3.00. The van der Waals surface area contributed by atoms with Crippen molar-refractivity contribution in [3.05, 3.63) is 42.2 Å². The van der Waals surface area contributed by atoms with Gasteiger partial charge in [-0.25, -0.2) is 8.42 Å². The van der Waals surface area contributed by atoms with Gasteiger partial charge in [-0.15, -0.1) is 0 Å². The maximum atomic E-state index is 12.5. The number of hydrogen-bond donors (Lipinski definition) is 1. The molecule has 0 radical (unpaired) electrons. The second kappa shape index (κ2) is 6.44. The van der Waals surface area contributed by atoms with Crippen molar-refractivity contribution in [2.45, 2.75) is 4.90 Å². The van der Waals surface area contributed by atoms with Gasteiger partial charge in [0, 0.05) is 51.4 Å². The first-order chi connectivity index (χ1) is 11.8. The van der Waals surface area contributed by atoms with Gasteiger partial charge in [-0.1, -0.05) is 0 Å². The van der Waals surface area contributed by atoms with Crippen LogP contribution in [0.1, 0.15) is 10.5 Å². The summed E-state index contributed by atoms with van der Waals surface area (Å²) in [5.74, 6) is 0.0269. The number of nitrogens with zero attached hydrogens (tertiary/aromatic N) is 3. The molecule has 3 rings (SSSR count). The normalized spacial score (nSPS) is 15.4. The third kappa shape index (κ3) is 3.48. The molecule has 25 heavy (non-hydrogen) atoms. The highest BCUT2D eigenvalue weighted by Gasteiger charge is 2.24. The average molecular weight is 362 g/mol. The van der Waals surface area contributed by atoms with Gasteiger partial charge in [-0.05, 0) is 30.3 Å². The molecule has 0 spiro atoms. The highest BCUT2D eigenvalue weighted by Crippen LogP contribution is 2.26. The Balaban J connectivity index is 1.69. The maximum Gasteiger partial charge on any atom is 0.270 e. The van der Waals surface area contributed by atoms with Gasteiger partial charge in [-0.3, -0.25) is 4.79 Å². The number of hydrogen-bond acceptors (Lipinski definition) is 5. The third-order valence-corrected chi connectivity index (χ3v) is 5.66. The Morgan fingerprint density at radius 2 is 1.80 bits per heavy atom. The fraction of sp³-hybridized carbons (Fsp3) is 0.353. The zero-order valence-electron chi connectivity index (χ0n) is 14.3. The van der Waals surface area contributed by atoms with Crippen molar-refractivity contribution in [1.82, 2.24) is 9.47 Å². The molecule has 0 atom stereocenters. The van der Waals surface area contributed by atoms with E-state index in [0.29, 0.717) is 31.9 Å². The van der Waals surface area contributed by atoms with Crippen molar-refractivity contribution in [2.24, 2.45) is 7.05 Å². The third-order valence-electron chi connectivity index (χ3n) is 4.49. The van der Waals surface area contributed by atoms with Gasteiger partial charge in [0.05, 0.1) is 10.6 Å². The molecular weight excluding hydrogens is 340 g/mol. The molecule has 1 amide bonds. The molecule has 1 saturated heterocycles. The van der Waals surface area contributed by atoms with Crippen LogP contribution >= 0.6 is 0 Å². The van der Waals surface area contributed by atoms with E-state index in [0.717, 1.165) is 11.9 Å². The number of anilines is 2. The maximum absolute atomic E-state index is 12.5. The topological polar surface area (TPSA) is 88.6 Å². The zero-order chi connectivity index (χ0) is 18.2. The number of rotatable bonds is 3. The first kappa shape index (κ1) is 17.3. The molecule has 1 aliphatic heterocycles. The summed E-state index contributed by atoms with van der Waals surface area (Å²) in [5, 5.41) is 0. The van der Waals surface area contributed by atoms with Crippen molar-refractivity contribution in [1.29, 1.82) is 0 Å². The van der Waals surface area contributed by atoms with E-state index in [9.17, 15) is 13.2 Å². The fourth-order valence-electron chi connectivity index (χ4n) is 3.08. The van der Waals surface area contributed by atoms with E-state index in [-0.39, 0.29) is 16.5 Å². The number of benzene rings is 1. The Hall–Kier alpha value is -2.48. The minimum absolute atomic E-state index is 0.0269. The highest BCUT2D eigenvalue weighted by atomic mass is 32.2. The lowest BCUT2D eigenvalue weighted by molar-refractivity contribution is 0.0737. The lowest BCUT2D eigenvalue weighted by Crippen LogP contribution is -2.49. The largest absolute Gasteiger partial charge is 0.398 e. The summed E-state index contributed by atoms with van der Waals surface area (Å²) >= 11 is 0. The Bertz CT molecular complexity index is 896. The summed E-state index contributed by atoms with van der Waals surface area (Å²) in [6, 6.07) is 8.67. The van der Waals surface area contributed by atoms with Gasteiger partial charge >= 0.3 is 0 Å². The van der Waals surface area contributed by atoms with Gasteiger partial charge in [0.15, 0.2) is 9.84 Å². The average Bonchev–Trinajstić information content (AvgIpc) is 2.99. The standard InChI is InChI=1S/C17H22N4O3S/c1-19-7-3-4-15(19)17(22)21-10-8-20(9-11-21)13-5-6-16(14(18)12-13)25(2,23)24/h3-7,12H,8-11,18H2,1-2H3. The van der Waals surface area contributed by atoms with Crippen LogP contribution in [0.3, 0.4) is 0 Å². The van der Waals surface area contributed by atoms with Gasteiger partial charge in [0.25, 0.3) is 5.91 Å². The fourth-order valence-corrected chi connectivity index (χ4v) is 3.89. The van der Waals surface area contributed by atoms with E-state index in [1.54, 1.807) is 18.2 Å². The van der Waals surface area contributed by atoms with Gasteiger partial charge in [0.1, 0.15) is 5.69 Å². The van der Waals surface area contributed by atoms with Crippen molar-refractivity contribution in [2.75, 3.05) is 43.1 Å². The molecular formula is C17H22N4O3S. The number of aromatic nitrogens is 1. The molecule has 2 heterocycles. The van der Waals surface area contributed by atoms with Crippen LogP contribution in [0.4, 0.5) is 11.4 Å². The van der Waals surface area contributed by atoms with Crippen LogP contribution in [-0.2, 0) is 16.9 Å². The van der Waals surface area contributed by atoms with Crippen LogP contribution in [0, 0.1) is 0 Å². The Morgan fingerprint density at radius 1 is 1.12 bits per heavy atom. The summed E-state index contributed by atoms with van der Waals surface area (Å²) in [5.41, 5.74) is 7.70. The van der Waals surface area contributed by atoms with E-state index < -0.39 is 9.84 Å². The molecule has 0 unspecified atom stereocenters. The molecule has 1 aromatic carbocycles. The lowest BCUT2D eigenvalue weighted by atomic mass is 10.2. The first-order valence-electron chi connectivity index (χ1n) is 8.02. The predicted octanol–water partition coefficient (Wildman–Crippen LogP) is 0.973. The second-order valence-electron chi connectivity index (χ2n) is 6.28. The number of nitrogen functional groups attached to an aromatic ring is 1. The minimum Gasteiger partial charge on any atom is -0.398 e. The zero-order valence-corrected chi connectivity index (χ0v) is 15.2. The minimum atomic E-state index is -3.33. The summed E-state index contributed by atoms with van der Waals surface area (Å²) in [7, 11) is -1.47. The van der Waals surface area contributed by atoms with Crippen LogP contribution in [0.15, 0.2) is 41.4 Å². The molecule has 7 nitrogen and oxygen atoms in total. The molecule has 0 bridgehead atoms. The second-order valence-corrected chi connectivity index (χ2v) is 8.26. The number of piperazine rings is 1. The molecule has 1 aromatic heterocycles. The smallest absolute Gasteiger partial charge is 0.270 e. The number of nitrogens with two attached hydrogens (primary N) is 1. The molecule has 0 aliphatic carbocycles. The van der Waals surface area contributed by atoms with Gasteiger partial charge < -0.3 is 20.1 Å². The van der Waals surface area contributed by atoms with Crippen LogP contribution in [-0.4, -0.2) is 56.2 Å².